The zero-order valence-corrected chi connectivity index (χ0v) is 10.7. The maximum Gasteiger partial charge on any atom is 0.448 e. The molecule has 1 heterocycles. The Kier molecular flexibility index (Phi) is 3.33. The van der Waals surface area contributed by atoms with E-state index in [1.807, 2.05) is 0 Å². The lowest BCUT2D eigenvalue weighted by Gasteiger charge is -2.34. The molecule has 108 valence electrons. The molecule has 0 bridgehead atoms. The van der Waals surface area contributed by atoms with E-state index in [1.54, 1.807) is 0 Å². The summed E-state index contributed by atoms with van der Waals surface area (Å²) in [4.78, 5) is 11.0. The first-order valence-corrected chi connectivity index (χ1v) is 5.65. The second-order valence-electron chi connectivity index (χ2n) is 3.96. The highest BCUT2D eigenvalue weighted by Crippen LogP contribution is 2.48. The van der Waals surface area contributed by atoms with Crippen molar-refractivity contribution >= 4 is 23.6 Å². The van der Waals surface area contributed by atoms with Crippen LogP contribution in [-0.4, -0.2) is 29.4 Å². The number of halogens is 4. The molecule has 0 saturated heterocycles. The van der Waals surface area contributed by atoms with Gasteiger partial charge in [0.25, 0.3) is 0 Å². The number of benzene rings is 1. The molecule has 0 amide bonds. The topological polar surface area (TPSA) is 55.8 Å². The van der Waals surface area contributed by atoms with Gasteiger partial charge in [-0.15, -0.1) is 0 Å². The van der Waals surface area contributed by atoms with Crippen molar-refractivity contribution in [3.63, 3.8) is 0 Å². The maximum atomic E-state index is 13.0. The van der Waals surface area contributed by atoms with Crippen molar-refractivity contribution in [2.45, 2.75) is 11.2 Å². The molecule has 20 heavy (non-hydrogen) atoms. The Labute approximate surface area is 116 Å². The molecule has 0 fully saturated rings. The first-order valence-electron chi connectivity index (χ1n) is 5.27. The van der Waals surface area contributed by atoms with Gasteiger partial charge >= 0.3 is 17.2 Å². The molecule has 0 aromatic heterocycles. The highest BCUT2D eigenvalue weighted by Gasteiger charge is 2.62. The van der Waals surface area contributed by atoms with Crippen LogP contribution in [0, 0.1) is 0 Å². The number of methoxy groups -OCH3 is 1. The summed E-state index contributed by atoms with van der Waals surface area (Å²) in [6.45, 7) is 0. The molecule has 4 nitrogen and oxygen atoms in total. The first kappa shape index (κ1) is 14.5. The number of hydrogen-bond donors (Lipinski definition) is 1. The third kappa shape index (κ3) is 2.18. The van der Waals surface area contributed by atoms with Gasteiger partial charge in [0.15, 0.2) is 0 Å². The van der Waals surface area contributed by atoms with Crippen LogP contribution in [0.3, 0.4) is 0 Å². The Hall–Kier alpha value is -1.89. The lowest BCUT2D eigenvalue weighted by molar-refractivity contribution is -0.204. The zero-order valence-electron chi connectivity index (χ0n) is 9.99. The second-order valence-corrected chi connectivity index (χ2v) is 4.49. The Morgan fingerprint density at radius 1 is 1.45 bits per heavy atom. The summed E-state index contributed by atoms with van der Waals surface area (Å²) in [5, 5.41) is 5.51. The lowest BCUT2D eigenvalue weighted by atomic mass is 10.0. The van der Waals surface area contributed by atoms with Crippen molar-refractivity contribution in [1.82, 2.24) is 0 Å². The largest absolute Gasteiger partial charge is 0.497 e. The van der Waals surface area contributed by atoms with Crippen LogP contribution in [0.5, 0.6) is 11.5 Å². The van der Waals surface area contributed by atoms with Crippen LogP contribution >= 0.6 is 11.6 Å². The highest BCUT2D eigenvalue weighted by molar-refractivity contribution is 6.29. The summed E-state index contributed by atoms with van der Waals surface area (Å²) in [6.07, 6.45) is -4.26. The third-order valence-corrected chi connectivity index (χ3v) is 3.20. The molecule has 8 heteroatoms. The van der Waals surface area contributed by atoms with E-state index in [1.165, 1.54) is 25.3 Å². The Balaban J connectivity index is 2.62. The fourth-order valence-corrected chi connectivity index (χ4v) is 1.94. The number of fused-ring (bicyclic) bond motifs is 1. The third-order valence-electron chi connectivity index (χ3n) is 2.71. The fourth-order valence-electron chi connectivity index (χ4n) is 1.72. The van der Waals surface area contributed by atoms with E-state index >= 15 is 0 Å². The summed E-state index contributed by atoms with van der Waals surface area (Å²) in [5.74, 6) is -1.64. The van der Waals surface area contributed by atoms with Crippen molar-refractivity contribution in [2.24, 2.45) is 0 Å². The van der Waals surface area contributed by atoms with E-state index in [4.69, 9.17) is 26.2 Å². The average molecular weight is 309 g/mol. The van der Waals surface area contributed by atoms with Crippen molar-refractivity contribution in [1.29, 1.82) is 0 Å². The lowest BCUT2D eigenvalue weighted by Crippen LogP contribution is -2.50. The molecule has 2 rings (SSSR count). The number of carboxylic acid groups (broad SMARTS) is 1. The number of carboxylic acids is 1. The van der Waals surface area contributed by atoms with Crippen LogP contribution < -0.4 is 9.47 Å². The van der Waals surface area contributed by atoms with E-state index in [9.17, 15) is 18.0 Å². The minimum Gasteiger partial charge on any atom is -0.497 e. The van der Waals surface area contributed by atoms with Gasteiger partial charge in [-0.25, -0.2) is 4.79 Å². The van der Waals surface area contributed by atoms with E-state index in [2.05, 4.69) is 0 Å². The van der Waals surface area contributed by atoms with Crippen molar-refractivity contribution in [3.8, 4) is 11.5 Å². The summed E-state index contributed by atoms with van der Waals surface area (Å²) in [7, 11) is 1.37. The van der Waals surface area contributed by atoms with Gasteiger partial charge in [-0.3, -0.25) is 0 Å². The van der Waals surface area contributed by atoms with E-state index < -0.39 is 22.8 Å². The van der Waals surface area contributed by atoms with Gasteiger partial charge in [-0.2, -0.15) is 13.2 Å². The Bertz CT molecular complexity index is 597. The number of carbonyl (C=O) groups is 1. The monoisotopic (exact) mass is 308 g/mol. The number of rotatable bonds is 2. The second kappa shape index (κ2) is 4.59. The standard InChI is InChI=1S/C12H8ClF3O4/c1-19-7-2-3-9-6(4-7)5-8(10(17)18)11(13,20-9)12(14,15)16/h2-5H,1H3,(H,17,18). The molecule has 0 radical (unpaired) electrons. The smallest absolute Gasteiger partial charge is 0.448 e. The van der Waals surface area contributed by atoms with Crippen LogP contribution in [0.2, 0.25) is 0 Å². The van der Waals surface area contributed by atoms with E-state index in [-0.39, 0.29) is 11.3 Å². The SMILES string of the molecule is COc1ccc2c(c1)C=C(C(=O)O)C(Cl)(C(F)(F)F)O2. The Morgan fingerprint density at radius 3 is 2.60 bits per heavy atom. The van der Waals surface area contributed by atoms with Crippen LogP contribution in [0.1, 0.15) is 5.56 Å². The van der Waals surface area contributed by atoms with Crippen LogP contribution in [0.15, 0.2) is 23.8 Å². The summed E-state index contributed by atoms with van der Waals surface area (Å²) >= 11 is 5.39. The van der Waals surface area contributed by atoms with Gasteiger partial charge in [0.05, 0.1) is 7.11 Å². The predicted octanol–water partition coefficient (Wildman–Crippen LogP) is 3.05. The number of alkyl halides is 4. The van der Waals surface area contributed by atoms with Gasteiger partial charge in [0.2, 0.25) is 0 Å². The molecule has 1 atom stereocenters. The van der Waals surface area contributed by atoms with E-state index in [0.717, 1.165) is 6.08 Å². The predicted molar refractivity (Wildman–Crippen MR) is 63.9 cm³/mol. The van der Waals surface area contributed by atoms with Gasteiger partial charge in [0.1, 0.15) is 17.1 Å². The molecule has 1 aliphatic heterocycles. The molecule has 1 unspecified atom stereocenters. The van der Waals surface area contributed by atoms with Gasteiger partial charge in [0, 0.05) is 5.56 Å². The molecule has 1 aromatic rings. The van der Waals surface area contributed by atoms with Crippen LogP contribution in [0.4, 0.5) is 13.2 Å². The van der Waals surface area contributed by atoms with Gasteiger partial charge in [-0.05, 0) is 24.3 Å². The minimum absolute atomic E-state index is 0.141. The number of hydrogen-bond acceptors (Lipinski definition) is 3. The zero-order chi connectivity index (χ0) is 15.1. The quantitative estimate of drug-likeness (QED) is 0.853. The van der Waals surface area contributed by atoms with Gasteiger partial charge in [-0.1, -0.05) is 11.6 Å². The van der Waals surface area contributed by atoms with E-state index in [0.29, 0.717) is 5.75 Å². The van der Waals surface area contributed by atoms with Crippen molar-refractivity contribution in [2.75, 3.05) is 7.11 Å². The number of ether oxygens (including phenoxy) is 2. The molecule has 0 aliphatic carbocycles. The Morgan fingerprint density at radius 2 is 2.10 bits per heavy atom. The summed E-state index contributed by atoms with van der Waals surface area (Å²) in [5.41, 5.74) is -0.963. The molecule has 1 N–H and O–H groups in total. The van der Waals surface area contributed by atoms with Crippen LogP contribution in [0.25, 0.3) is 6.08 Å². The molecular formula is C12H8ClF3O4. The normalized spacial score (nSPS) is 21.6. The minimum atomic E-state index is -5.09. The molecular weight excluding hydrogens is 301 g/mol. The molecule has 1 aliphatic rings. The average Bonchev–Trinajstić information content (AvgIpc) is 2.35. The summed E-state index contributed by atoms with van der Waals surface area (Å²) in [6, 6.07) is 3.96. The molecule has 0 spiro atoms. The maximum absolute atomic E-state index is 13.0. The van der Waals surface area contributed by atoms with Crippen molar-refractivity contribution in [3.05, 3.63) is 29.3 Å². The fraction of sp³-hybridized carbons (Fsp3) is 0.250. The molecule has 1 aromatic carbocycles. The first-order chi connectivity index (χ1) is 9.19. The van der Waals surface area contributed by atoms with Gasteiger partial charge < -0.3 is 14.6 Å². The number of aliphatic carboxylic acids is 1. The van der Waals surface area contributed by atoms with Crippen LogP contribution in [-0.2, 0) is 4.79 Å². The molecule has 0 saturated carbocycles. The highest BCUT2D eigenvalue weighted by atomic mass is 35.5. The summed E-state index contributed by atoms with van der Waals surface area (Å²) < 4.78 is 48.6. The van der Waals surface area contributed by atoms with Crippen molar-refractivity contribution < 1.29 is 32.5 Å².